The molecule has 0 bridgehead atoms. The molecule has 0 saturated heterocycles. The maximum Gasteiger partial charge on any atom is 0.123 e. The monoisotopic (exact) mass is 242 g/mol. The second-order valence-electron chi connectivity index (χ2n) is 4.26. The van der Waals surface area contributed by atoms with Gasteiger partial charge in [-0.05, 0) is 23.8 Å². The largest absolute Gasteiger partial charge is 0.508 e. The molecular formula is C16H15FO. The summed E-state index contributed by atoms with van der Waals surface area (Å²) in [5, 5.41) is 9.70. The first-order valence-corrected chi connectivity index (χ1v) is 5.88. The molecule has 18 heavy (non-hydrogen) atoms. The molecule has 1 nitrogen and oxygen atoms in total. The van der Waals surface area contributed by atoms with Crippen LogP contribution in [-0.2, 0) is 0 Å². The highest BCUT2D eigenvalue weighted by molar-refractivity contribution is 5.51. The Kier molecular flexibility index (Phi) is 3.78. The van der Waals surface area contributed by atoms with Crippen LogP contribution in [0.2, 0.25) is 0 Å². The number of phenols is 1. The molecule has 0 spiro atoms. The Morgan fingerprint density at radius 3 is 2.56 bits per heavy atom. The molecule has 0 aromatic heterocycles. The fourth-order valence-corrected chi connectivity index (χ4v) is 1.81. The van der Waals surface area contributed by atoms with Crippen LogP contribution < -0.4 is 0 Å². The van der Waals surface area contributed by atoms with Crippen LogP contribution in [0.15, 0.2) is 54.6 Å². The molecule has 1 unspecified atom stereocenters. The van der Waals surface area contributed by atoms with Crippen LogP contribution in [0.1, 0.15) is 24.0 Å². The van der Waals surface area contributed by atoms with E-state index < -0.39 is 0 Å². The zero-order chi connectivity index (χ0) is 13.0. The van der Waals surface area contributed by atoms with E-state index >= 15 is 0 Å². The molecule has 0 aliphatic rings. The summed E-state index contributed by atoms with van der Waals surface area (Å²) >= 11 is 0. The highest BCUT2D eigenvalue weighted by Gasteiger charge is 2.08. The number of halogens is 1. The summed E-state index contributed by atoms with van der Waals surface area (Å²) < 4.78 is 13.1. The maximum absolute atomic E-state index is 13.1. The molecule has 0 saturated carbocycles. The highest BCUT2D eigenvalue weighted by atomic mass is 19.1. The third-order valence-electron chi connectivity index (χ3n) is 2.86. The minimum absolute atomic E-state index is 0.0408. The Bertz CT molecular complexity index is 546. The lowest BCUT2D eigenvalue weighted by Crippen LogP contribution is -1.91. The summed E-state index contributed by atoms with van der Waals surface area (Å²) in [6.07, 6.45) is 3.92. The molecule has 0 radical (unpaired) electrons. The van der Waals surface area contributed by atoms with Gasteiger partial charge in [-0.1, -0.05) is 49.4 Å². The van der Waals surface area contributed by atoms with E-state index in [9.17, 15) is 9.50 Å². The van der Waals surface area contributed by atoms with E-state index in [0.717, 1.165) is 5.56 Å². The second-order valence-corrected chi connectivity index (χ2v) is 4.26. The molecule has 1 atom stereocenters. The summed E-state index contributed by atoms with van der Waals surface area (Å²) in [4.78, 5) is 0. The summed E-state index contributed by atoms with van der Waals surface area (Å²) in [5.41, 5.74) is 1.68. The fraction of sp³-hybridized carbons (Fsp3) is 0.125. The van der Waals surface area contributed by atoms with Gasteiger partial charge in [0.2, 0.25) is 0 Å². The van der Waals surface area contributed by atoms with Gasteiger partial charge >= 0.3 is 0 Å². The van der Waals surface area contributed by atoms with E-state index in [2.05, 4.69) is 0 Å². The van der Waals surface area contributed by atoms with Gasteiger partial charge < -0.3 is 5.11 Å². The van der Waals surface area contributed by atoms with E-state index in [4.69, 9.17) is 0 Å². The van der Waals surface area contributed by atoms with E-state index in [-0.39, 0.29) is 17.5 Å². The van der Waals surface area contributed by atoms with E-state index in [0.29, 0.717) is 5.56 Å². The summed E-state index contributed by atoms with van der Waals surface area (Å²) in [5.74, 6) is -0.245. The third kappa shape index (κ3) is 2.98. The number of phenolic OH excluding ortho intramolecular Hbond substituents is 1. The topological polar surface area (TPSA) is 20.2 Å². The minimum atomic E-state index is -0.331. The zero-order valence-electron chi connectivity index (χ0n) is 10.2. The Hall–Kier alpha value is -2.09. The lowest BCUT2D eigenvalue weighted by molar-refractivity contribution is 0.464. The number of aromatic hydroxyl groups is 1. The predicted molar refractivity (Wildman–Crippen MR) is 72.0 cm³/mol. The number of allylic oxidation sites excluding steroid dienone is 1. The molecule has 92 valence electrons. The van der Waals surface area contributed by atoms with Crippen LogP contribution in [0.3, 0.4) is 0 Å². The van der Waals surface area contributed by atoms with Crippen LogP contribution in [-0.4, -0.2) is 5.11 Å². The lowest BCUT2D eigenvalue weighted by Gasteiger charge is -2.09. The molecule has 0 aliphatic heterocycles. The predicted octanol–water partition coefficient (Wildman–Crippen LogP) is 4.35. The Morgan fingerprint density at radius 1 is 1.11 bits per heavy atom. The van der Waals surface area contributed by atoms with Crippen molar-refractivity contribution in [3.05, 3.63) is 71.6 Å². The standard InChI is InChI=1S/C16H15FO/c1-12(7-8-13-5-3-2-4-6-13)15-11-14(17)9-10-16(15)18/h2-12,18H,1H3. The minimum Gasteiger partial charge on any atom is -0.508 e. The number of benzene rings is 2. The number of hydrogen-bond acceptors (Lipinski definition) is 1. The average molecular weight is 242 g/mol. The normalized spacial score (nSPS) is 12.8. The van der Waals surface area contributed by atoms with Gasteiger partial charge in [0.05, 0.1) is 0 Å². The molecule has 0 heterocycles. The van der Waals surface area contributed by atoms with Crippen molar-refractivity contribution in [2.24, 2.45) is 0 Å². The summed E-state index contributed by atoms with van der Waals surface area (Å²) in [6.45, 7) is 1.92. The first-order chi connectivity index (χ1) is 8.66. The van der Waals surface area contributed by atoms with Crippen molar-refractivity contribution in [1.29, 1.82) is 0 Å². The molecule has 2 aromatic rings. The number of rotatable bonds is 3. The van der Waals surface area contributed by atoms with Crippen molar-refractivity contribution in [2.45, 2.75) is 12.8 Å². The first kappa shape index (κ1) is 12.4. The van der Waals surface area contributed by atoms with E-state index in [1.54, 1.807) is 0 Å². The van der Waals surface area contributed by atoms with E-state index in [1.807, 2.05) is 49.4 Å². The smallest absolute Gasteiger partial charge is 0.123 e. The highest BCUT2D eigenvalue weighted by Crippen LogP contribution is 2.27. The van der Waals surface area contributed by atoms with Crippen LogP contribution in [0, 0.1) is 5.82 Å². The molecule has 1 N–H and O–H groups in total. The second kappa shape index (κ2) is 5.50. The van der Waals surface area contributed by atoms with Gasteiger partial charge in [-0.3, -0.25) is 0 Å². The average Bonchev–Trinajstić information content (AvgIpc) is 2.40. The van der Waals surface area contributed by atoms with Crippen LogP contribution in [0.25, 0.3) is 6.08 Å². The zero-order valence-corrected chi connectivity index (χ0v) is 10.2. The van der Waals surface area contributed by atoms with Gasteiger partial charge in [0.1, 0.15) is 11.6 Å². The Morgan fingerprint density at radius 2 is 1.83 bits per heavy atom. The Labute approximate surface area is 106 Å². The summed E-state index contributed by atoms with van der Waals surface area (Å²) in [7, 11) is 0. The third-order valence-corrected chi connectivity index (χ3v) is 2.86. The quantitative estimate of drug-likeness (QED) is 0.848. The number of hydrogen-bond donors (Lipinski definition) is 1. The molecule has 2 heteroatoms. The van der Waals surface area contributed by atoms with Crippen LogP contribution in [0.4, 0.5) is 4.39 Å². The van der Waals surface area contributed by atoms with Crippen molar-refractivity contribution >= 4 is 6.08 Å². The van der Waals surface area contributed by atoms with Crippen LogP contribution >= 0.6 is 0 Å². The molecule has 0 amide bonds. The van der Waals surface area contributed by atoms with Crippen molar-refractivity contribution in [1.82, 2.24) is 0 Å². The van der Waals surface area contributed by atoms with E-state index in [1.165, 1.54) is 18.2 Å². The SMILES string of the molecule is CC(C=Cc1ccccc1)c1cc(F)ccc1O. The van der Waals surface area contributed by atoms with Gasteiger partial charge in [0.25, 0.3) is 0 Å². The van der Waals surface area contributed by atoms with Crippen molar-refractivity contribution < 1.29 is 9.50 Å². The van der Waals surface area contributed by atoms with Crippen LogP contribution in [0.5, 0.6) is 5.75 Å². The molecule has 0 fully saturated rings. The lowest BCUT2D eigenvalue weighted by atomic mass is 9.98. The molecule has 2 aromatic carbocycles. The molecular weight excluding hydrogens is 227 g/mol. The summed E-state index contributed by atoms with van der Waals surface area (Å²) in [6, 6.07) is 13.9. The fourth-order valence-electron chi connectivity index (χ4n) is 1.81. The van der Waals surface area contributed by atoms with Gasteiger partial charge in [-0.15, -0.1) is 0 Å². The maximum atomic E-state index is 13.1. The molecule has 0 aliphatic carbocycles. The van der Waals surface area contributed by atoms with Gasteiger partial charge in [0.15, 0.2) is 0 Å². The van der Waals surface area contributed by atoms with Crippen molar-refractivity contribution in [3.63, 3.8) is 0 Å². The first-order valence-electron chi connectivity index (χ1n) is 5.88. The van der Waals surface area contributed by atoms with Gasteiger partial charge in [-0.2, -0.15) is 0 Å². The van der Waals surface area contributed by atoms with Gasteiger partial charge in [0, 0.05) is 11.5 Å². The molecule has 2 rings (SSSR count). The van der Waals surface area contributed by atoms with Crippen molar-refractivity contribution in [2.75, 3.05) is 0 Å². The van der Waals surface area contributed by atoms with Gasteiger partial charge in [-0.25, -0.2) is 4.39 Å². The van der Waals surface area contributed by atoms with Crippen molar-refractivity contribution in [3.8, 4) is 5.75 Å². The Balaban J connectivity index is 2.19.